The Hall–Kier alpha value is -0.500. The summed E-state index contributed by atoms with van der Waals surface area (Å²) < 4.78 is 23.8. The second-order valence-corrected chi connectivity index (χ2v) is 24.6. The van der Waals surface area contributed by atoms with E-state index in [0.717, 1.165) is 38.5 Å². The number of hydrogen-bond acceptors (Lipinski definition) is 5. The van der Waals surface area contributed by atoms with Crippen LogP contribution in [0.2, 0.25) is 0 Å². The van der Waals surface area contributed by atoms with Crippen molar-refractivity contribution < 1.29 is 32.9 Å². The Bertz CT molecular complexity index is 1100. The lowest BCUT2D eigenvalue weighted by atomic mass is 10.0. The smallest absolute Gasteiger partial charge is 0.391 e. The van der Waals surface area contributed by atoms with Crippen LogP contribution in [0, 0.1) is 0 Å². The first-order chi connectivity index (χ1) is 34.0. The Morgan fingerprint density at radius 3 is 0.957 bits per heavy atom. The average Bonchev–Trinajstić information content (AvgIpc) is 3.32. The van der Waals surface area contributed by atoms with Crippen molar-refractivity contribution in [3.8, 4) is 0 Å². The molecule has 0 bridgehead atoms. The van der Waals surface area contributed by atoms with Gasteiger partial charge >= 0.3 is 7.82 Å². The molecule has 8 nitrogen and oxygen atoms in total. The first kappa shape index (κ1) is 69.5. The zero-order valence-electron chi connectivity index (χ0n) is 48.1. The van der Waals surface area contributed by atoms with E-state index in [9.17, 15) is 19.4 Å². The number of amides is 1. The van der Waals surface area contributed by atoms with Crippen molar-refractivity contribution in [1.82, 2.24) is 5.32 Å². The zero-order valence-corrected chi connectivity index (χ0v) is 48.9. The lowest BCUT2D eigenvalue weighted by Crippen LogP contribution is -2.46. The van der Waals surface area contributed by atoms with Gasteiger partial charge < -0.3 is 19.8 Å². The predicted molar refractivity (Wildman–Crippen MR) is 305 cm³/mol. The highest BCUT2D eigenvalue weighted by Crippen LogP contribution is 2.43. The minimum Gasteiger partial charge on any atom is -0.391 e. The van der Waals surface area contributed by atoms with E-state index >= 15 is 0 Å². The van der Waals surface area contributed by atoms with Crippen molar-refractivity contribution in [2.75, 3.05) is 40.9 Å². The summed E-state index contributed by atoms with van der Waals surface area (Å²) in [5, 5.41) is 14.1. The number of carbonyl (C=O) groups is 1. The van der Waals surface area contributed by atoms with Gasteiger partial charge in [-0.2, -0.15) is 0 Å². The number of phosphoric ester groups is 1. The lowest BCUT2D eigenvalue weighted by molar-refractivity contribution is -0.870. The van der Waals surface area contributed by atoms with Crippen molar-refractivity contribution in [2.45, 2.75) is 347 Å². The van der Waals surface area contributed by atoms with Crippen LogP contribution in [0.5, 0.6) is 0 Å². The number of likely N-dealkylation sites (N-methyl/N-ethyl adjacent to an activating group) is 1. The molecule has 0 heterocycles. The first-order valence-electron chi connectivity index (χ1n) is 31.4. The number of phosphoric acid groups is 1. The van der Waals surface area contributed by atoms with E-state index in [2.05, 4.69) is 19.2 Å². The third kappa shape index (κ3) is 55.3. The maximum Gasteiger partial charge on any atom is 0.472 e. The summed E-state index contributed by atoms with van der Waals surface area (Å²) in [6, 6.07) is -0.755. The number of nitrogens with one attached hydrogen (secondary N) is 1. The standard InChI is InChI=1S/C61H125N2O6P/c1-6-8-10-12-14-16-18-20-22-24-26-27-28-29-30-31-32-33-34-35-36-37-38-40-42-44-46-48-50-52-54-60(64)59(58-69-70(66,67)68-57-56-63(3,4)5)62-61(65)55-53-51-49-47-45-43-41-39-25-23-21-19-17-15-13-11-9-7-2/h59-60,64H,6-58H2,1-5H3,(H-,62,65,66,67)/p+1. The predicted octanol–water partition coefficient (Wildman–Crippen LogP) is 19.2. The molecule has 3 atom stereocenters. The van der Waals surface area contributed by atoms with Gasteiger partial charge in [0, 0.05) is 6.42 Å². The van der Waals surface area contributed by atoms with E-state index in [1.807, 2.05) is 21.1 Å². The molecular formula is C61H126N2O6P+. The highest BCUT2D eigenvalue weighted by Gasteiger charge is 2.28. The summed E-state index contributed by atoms with van der Waals surface area (Å²) in [6.07, 6.45) is 64.6. The molecule has 70 heavy (non-hydrogen) atoms. The molecule has 0 aliphatic rings. The van der Waals surface area contributed by atoms with E-state index < -0.39 is 20.0 Å². The molecule has 0 aromatic carbocycles. The van der Waals surface area contributed by atoms with Gasteiger partial charge in [0.05, 0.1) is 39.9 Å². The SMILES string of the molecule is CCCCCCCCCCCCCCCCCCCCCCCCCCCCCCCCC(O)C(COP(=O)(O)OCC[N+](C)(C)C)NC(=O)CCCCCCCCCCCCCCCCCCCC. The molecule has 9 heteroatoms. The number of hydrogen-bond donors (Lipinski definition) is 3. The van der Waals surface area contributed by atoms with Crippen LogP contribution in [0.1, 0.15) is 335 Å². The fourth-order valence-electron chi connectivity index (χ4n) is 9.93. The van der Waals surface area contributed by atoms with Crippen molar-refractivity contribution in [3.63, 3.8) is 0 Å². The van der Waals surface area contributed by atoms with Gasteiger partial charge in [-0.15, -0.1) is 0 Å². The molecule has 3 N–H and O–H groups in total. The maximum atomic E-state index is 13.0. The van der Waals surface area contributed by atoms with E-state index in [4.69, 9.17) is 9.05 Å². The van der Waals surface area contributed by atoms with E-state index in [1.54, 1.807) is 0 Å². The summed E-state index contributed by atoms with van der Waals surface area (Å²) in [5.41, 5.74) is 0. The van der Waals surface area contributed by atoms with E-state index in [1.165, 1.54) is 270 Å². The molecule has 0 aromatic rings. The number of unbranched alkanes of at least 4 members (excludes halogenated alkanes) is 46. The Morgan fingerprint density at radius 2 is 0.686 bits per heavy atom. The summed E-state index contributed by atoms with van der Waals surface area (Å²) in [5.74, 6) is -0.136. The minimum atomic E-state index is -4.32. The van der Waals surface area contributed by atoms with Crippen LogP contribution in [0.15, 0.2) is 0 Å². The molecule has 0 radical (unpaired) electrons. The van der Waals surface area contributed by atoms with Gasteiger partial charge in [-0.1, -0.05) is 316 Å². The Balaban J connectivity index is 4.02. The van der Waals surface area contributed by atoms with Crippen LogP contribution in [-0.4, -0.2) is 73.4 Å². The van der Waals surface area contributed by atoms with Crippen molar-refractivity contribution in [2.24, 2.45) is 0 Å². The van der Waals surface area contributed by atoms with Crippen LogP contribution < -0.4 is 5.32 Å². The number of carbonyl (C=O) groups excluding carboxylic acids is 1. The van der Waals surface area contributed by atoms with Gasteiger partial charge in [-0.05, 0) is 12.8 Å². The van der Waals surface area contributed by atoms with Gasteiger partial charge in [-0.25, -0.2) is 4.57 Å². The fraction of sp³-hybridized carbons (Fsp3) is 0.984. The highest BCUT2D eigenvalue weighted by molar-refractivity contribution is 7.47. The second-order valence-electron chi connectivity index (χ2n) is 23.2. The number of quaternary nitrogens is 1. The summed E-state index contributed by atoms with van der Waals surface area (Å²) in [7, 11) is 1.64. The molecule has 0 saturated heterocycles. The molecule has 0 rings (SSSR count). The third-order valence-corrected chi connectivity index (χ3v) is 15.8. The van der Waals surface area contributed by atoms with Gasteiger partial charge in [-0.3, -0.25) is 13.8 Å². The molecule has 0 spiro atoms. The Kier molecular flexibility index (Phi) is 52.9. The normalized spacial score (nSPS) is 13.8. The van der Waals surface area contributed by atoms with Crippen LogP contribution in [0.25, 0.3) is 0 Å². The van der Waals surface area contributed by atoms with Gasteiger partial charge in [0.2, 0.25) is 5.91 Å². The Morgan fingerprint density at radius 1 is 0.429 bits per heavy atom. The topological polar surface area (TPSA) is 105 Å². The third-order valence-electron chi connectivity index (χ3n) is 14.9. The number of aliphatic hydroxyl groups excluding tert-OH is 1. The van der Waals surface area contributed by atoms with E-state index in [0.29, 0.717) is 23.9 Å². The van der Waals surface area contributed by atoms with E-state index in [-0.39, 0.29) is 19.1 Å². The van der Waals surface area contributed by atoms with Crippen LogP contribution >= 0.6 is 7.82 Å². The van der Waals surface area contributed by atoms with Gasteiger partial charge in [0.1, 0.15) is 13.2 Å². The molecule has 3 unspecified atom stereocenters. The second kappa shape index (κ2) is 53.3. The molecule has 420 valence electrons. The quantitative estimate of drug-likeness (QED) is 0.0318. The number of nitrogens with zero attached hydrogens (tertiary/aromatic N) is 1. The monoisotopic (exact) mass is 1010 g/mol. The summed E-state index contributed by atoms with van der Waals surface area (Å²) >= 11 is 0. The molecule has 0 fully saturated rings. The summed E-state index contributed by atoms with van der Waals surface area (Å²) in [6.45, 7) is 4.95. The lowest BCUT2D eigenvalue weighted by Gasteiger charge is -2.26. The van der Waals surface area contributed by atoms with Gasteiger partial charge in [0.15, 0.2) is 0 Å². The van der Waals surface area contributed by atoms with Crippen LogP contribution in [0.3, 0.4) is 0 Å². The molecule has 1 amide bonds. The van der Waals surface area contributed by atoms with Crippen molar-refractivity contribution in [3.05, 3.63) is 0 Å². The fourth-order valence-corrected chi connectivity index (χ4v) is 10.7. The number of rotatable bonds is 59. The van der Waals surface area contributed by atoms with Crippen molar-refractivity contribution >= 4 is 13.7 Å². The molecule has 0 aliphatic carbocycles. The summed E-state index contributed by atoms with van der Waals surface area (Å²) in [4.78, 5) is 23.4. The first-order valence-corrected chi connectivity index (χ1v) is 32.9. The maximum absolute atomic E-state index is 13.0. The van der Waals surface area contributed by atoms with Crippen molar-refractivity contribution in [1.29, 1.82) is 0 Å². The van der Waals surface area contributed by atoms with Crippen LogP contribution in [-0.2, 0) is 18.4 Å². The van der Waals surface area contributed by atoms with Gasteiger partial charge in [0.25, 0.3) is 0 Å². The molecule has 0 saturated carbocycles. The largest absolute Gasteiger partial charge is 0.472 e. The average molecular weight is 1010 g/mol. The minimum absolute atomic E-state index is 0.0792. The zero-order chi connectivity index (χ0) is 51.3. The van der Waals surface area contributed by atoms with Crippen LogP contribution in [0.4, 0.5) is 0 Å². The molecule has 0 aromatic heterocycles. The molecule has 0 aliphatic heterocycles. The highest BCUT2D eigenvalue weighted by atomic mass is 31.2. The Labute approximate surface area is 438 Å². The molecular weight excluding hydrogens is 888 g/mol. The number of aliphatic hydroxyl groups is 1.